The quantitative estimate of drug-likeness (QED) is 0.899. The van der Waals surface area contributed by atoms with Crippen LogP contribution in [0, 0.1) is 0 Å². The second-order valence-electron chi connectivity index (χ2n) is 3.60. The molecule has 5 nitrogen and oxygen atoms in total. The van der Waals surface area contributed by atoms with Gasteiger partial charge >= 0.3 is 6.18 Å². The van der Waals surface area contributed by atoms with Crippen LogP contribution in [0.1, 0.15) is 12.5 Å². The van der Waals surface area contributed by atoms with Crippen molar-refractivity contribution in [1.82, 2.24) is 10.3 Å². The standard InChI is InChI=1S/C10H11F3N2O3S/c1-2-14-8(16)6-19(17,18)9-4-3-7(5-15-9)10(11,12)13/h3-5H,2,6H2,1H3,(H,14,16). The summed E-state index contributed by atoms with van der Waals surface area (Å²) in [6, 6.07) is 1.34. The molecule has 0 bridgehead atoms. The van der Waals surface area contributed by atoms with Crippen molar-refractivity contribution in [3.63, 3.8) is 0 Å². The van der Waals surface area contributed by atoms with Gasteiger partial charge in [0, 0.05) is 12.7 Å². The second-order valence-corrected chi connectivity index (χ2v) is 5.53. The van der Waals surface area contributed by atoms with Gasteiger partial charge in [-0.05, 0) is 19.1 Å². The summed E-state index contributed by atoms with van der Waals surface area (Å²) in [6.07, 6.45) is -4.17. The third-order valence-corrected chi connectivity index (χ3v) is 3.60. The molecule has 0 aliphatic heterocycles. The van der Waals surface area contributed by atoms with Crippen LogP contribution in [0.2, 0.25) is 0 Å². The molecule has 1 N–H and O–H groups in total. The van der Waals surface area contributed by atoms with E-state index in [9.17, 15) is 26.4 Å². The first kappa shape index (κ1) is 15.4. The lowest BCUT2D eigenvalue weighted by atomic mass is 10.3. The van der Waals surface area contributed by atoms with Gasteiger partial charge in [-0.3, -0.25) is 4.79 Å². The fourth-order valence-electron chi connectivity index (χ4n) is 1.23. The van der Waals surface area contributed by atoms with Crippen molar-refractivity contribution in [1.29, 1.82) is 0 Å². The van der Waals surface area contributed by atoms with Crippen LogP contribution in [0.25, 0.3) is 0 Å². The summed E-state index contributed by atoms with van der Waals surface area (Å²) in [5.41, 5.74) is -1.05. The van der Waals surface area contributed by atoms with E-state index >= 15 is 0 Å². The minimum Gasteiger partial charge on any atom is -0.355 e. The van der Waals surface area contributed by atoms with Crippen molar-refractivity contribution >= 4 is 15.7 Å². The molecule has 106 valence electrons. The molecule has 1 amide bonds. The maximum absolute atomic E-state index is 12.3. The molecule has 1 aromatic rings. The molecule has 0 aliphatic carbocycles. The number of sulfone groups is 1. The molecular weight excluding hydrogens is 285 g/mol. The molecule has 0 aromatic carbocycles. The van der Waals surface area contributed by atoms with E-state index in [-0.39, 0.29) is 6.54 Å². The van der Waals surface area contributed by atoms with Gasteiger partial charge < -0.3 is 5.32 Å². The van der Waals surface area contributed by atoms with Gasteiger partial charge in [0.2, 0.25) is 15.7 Å². The Bertz CT molecular complexity index is 552. The smallest absolute Gasteiger partial charge is 0.355 e. The van der Waals surface area contributed by atoms with Crippen LogP contribution in [0.4, 0.5) is 13.2 Å². The number of amides is 1. The first-order chi connectivity index (χ1) is 8.66. The molecule has 0 unspecified atom stereocenters. The summed E-state index contributed by atoms with van der Waals surface area (Å²) < 4.78 is 60.2. The van der Waals surface area contributed by atoms with E-state index in [1.165, 1.54) is 0 Å². The summed E-state index contributed by atoms with van der Waals surface area (Å²) in [6.45, 7) is 1.87. The zero-order valence-electron chi connectivity index (χ0n) is 9.86. The molecule has 0 radical (unpaired) electrons. The number of aromatic nitrogens is 1. The largest absolute Gasteiger partial charge is 0.417 e. The number of alkyl halides is 3. The molecular formula is C10H11F3N2O3S. The molecule has 0 spiro atoms. The Kier molecular flexibility index (Phi) is 4.51. The van der Waals surface area contributed by atoms with Crippen molar-refractivity contribution in [3.05, 3.63) is 23.9 Å². The van der Waals surface area contributed by atoms with E-state index in [0.29, 0.717) is 12.3 Å². The van der Waals surface area contributed by atoms with Crippen molar-refractivity contribution in [2.45, 2.75) is 18.1 Å². The molecule has 0 aliphatic rings. The van der Waals surface area contributed by atoms with Gasteiger partial charge in [-0.15, -0.1) is 0 Å². The fraction of sp³-hybridized carbons (Fsp3) is 0.400. The van der Waals surface area contributed by atoms with E-state index in [1.807, 2.05) is 0 Å². The van der Waals surface area contributed by atoms with E-state index in [2.05, 4.69) is 10.3 Å². The molecule has 1 rings (SSSR count). The van der Waals surface area contributed by atoms with Crippen LogP contribution < -0.4 is 5.32 Å². The van der Waals surface area contributed by atoms with Gasteiger partial charge in [0.1, 0.15) is 5.75 Å². The highest BCUT2D eigenvalue weighted by Crippen LogP contribution is 2.28. The Hall–Kier alpha value is -1.64. The number of carbonyl (C=O) groups is 1. The van der Waals surface area contributed by atoms with Crippen LogP contribution >= 0.6 is 0 Å². The minimum absolute atomic E-state index is 0.259. The second kappa shape index (κ2) is 5.55. The van der Waals surface area contributed by atoms with Crippen LogP contribution in [-0.4, -0.2) is 31.6 Å². The summed E-state index contributed by atoms with van der Waals surface area (Å²) in [7, 11) is -4.03. The number of hydrogen-bond donors (Lipinski definition) is 1. The minimum atomic E-state index is -4.59. The first-order valence-corrected chi connectivity index (χ1v) is 6.84. The van der Waals surface area contributed by atoms with Gasteiger partial charge in [-0.1, -0.05) is 0 Å². The first-order valence-electron chi connectivity index (χ1n) is 5.19. The number of nitrogens with zero attached hydrogens (tertiary/aromatic N) is 1. The Labute approximate surface area is 107 Å². The molecule has 1 heterocycles. The van der Waals surface area contributed by atoms with Crippen LogP contribution in [0.3, 0.4) is 0 Å². The predicted octanol–water partition coefficient (Wildman–Crippen LogP) is 1.01. The highest BCUT2D eigenvalue weighted by Gasteiger charge is 2.31. The Morgan fingerprint density at radius 1 is 1.37 bits per heavy atom. The lowest BCUT2D eigenvalue weighted by Crippen LogP contribution is -2.30. The molecule has 19 heavy (non-hydrogen) atoms. The highest BCUT2D eigenvalue weighted by molar-refractivity contribution is 7.92. The van der Waals surface area contributed by atoms with Crippen LogP contribution in [0.15, 0.2) is 23.4 Å². The topological polar surface area (TPSA) is 76.1 Å². The SMILES string of the molecule is CCNC(=O)CS(=O)(=O)c1ccc(C(F)(F)F)cn1. The summed E-state index contributed by atoms with van der Waals surface area (Å²) in [5, 5.41) is 1.72. The van der Waals surface area contributed by atoms with Crippen molar-refractivity contribution in [2.75, 3.05) is 12.3 Å². The molecule has 0 fully saturated rings. The lowest BCUT2D eigenvalue weighted by Gasteiger charge is -2.07. The van der Waals surface area contributed by atoms with Gasteiger partial charge in [0.25, 0.3) is 0 Å². The lowest BCUT2D eigenvalue weighted by molar-refractivity contribution is -0.137. The normalized spacial score (nSPS) is 12.2. The van der Waals surface area contributed by atoms with E-state index in [1.54, 1.807) is 6.92 Å². The molecule has 9 heteroatoms. The van der Waals surface area contributed by atoms with E-state index < -0.39 is 38.3 Å². The summed E-state index contributed by atoms with van der Waals surface area (Å²) in [4.78, 5) is 14.4. The zero-order chi connectivity index (χ0) is 14.7. The van der Waals surface area contributed by atoms with Crippen molar-refractivity contribution < 1.29 is 26.4 Å². The third kappa shape index (κ3) is 4.19. The number of pyridine rings is 1. The molecule has 0 saturated heterocycles. The maximum atomic E-state index is 12.3. The zero-order valence-corrected chi connectivity index (χ0v) is 10.7. The van der Waals surface area contributed by atoms with Gasteiger partial charge in [-0.2, -0.15) is 13.2 Å². The summed E-state index contributed by atoms with van der Waals surface area (Å²) >= 11 is 0. The Balaban J connectivity index is 2.94. The predicted molar refractivity (Wildman–Crippen MR) is 60.0 cm³/mol. The van der Waals surface area contributed by atoms with Gasteiger partial charge in [-0.25, -0.2) is 13.4 Å². The number of hydrogen-bond acceptors (Lipinski definition) is 4. The molecule has 1 aromatic heterocycles. The highest BCUT2D eigenvalue weighted by atomic mass is 32.2. The number of rotatable bonds is 4. The monoisotopic (exact) mass is 296 g/mol. The van der Waals surface area contributed by atoms with Crippen LogP contribution in [-0.2, 0) is 20.8 Å². The third-order valence-electron chi connectivity index (χ3n) is 2.08. The van der Waals surface area contributed by atoms with Crippen LogP contribution in [0.5, 0.6) is 0 Å². The maximum Gasteiger partial charge on any atom is 0.417 e. The molecule has 0 atom stereocenters. The summed E-state index contributed by atoms with van der Waals surface area (Å²) in [5.74, 6) is -1.58. The number of nitrogens with one attached hydrogen (secondary N) is 1. The Morgan fingerprint density at radius 2 is 2.00 bits per heavy atom. The fourth-order valence-corrected chi connectivity index (χ4v) is 2.31. The average Bonchev–Trinajstić information content (AvgIpc) is 2.27. The van der Waals surface area contributed by atoms with E-state index in [4.69, 9.17) is 0 Å². The number of carbonyl (C=O) groups excluding carboxylic acids is 1. The van der Waals surface area contributed by atoms with Crippen molar-refractivity contribution in [2.24, 2.45) is 0 Å². The van der Waals surface area contributed by atoms with Crippen molar-refractivity contribution in [3.8, 4) is 0 Å². The molecule has 0 saturated carbocycles. The number of halogens is 3. The van der Waals surface area contributed by atoms with E-state index in [0.717, 1.165) is 6.07 Å². The Morgan fingerprint density at radius 3 is 2.42 bits per heavy atom. The van der Waals surface area contributed by atoms with Gasteiger partial charge in [0.05, 0.1) is 5.56 Å². The van der Waals surface area contributed by atoms with Gasteiger partial charge in [0.15, 0.2) is 5.03 Å². The average molecular weight is 296 g/mol.